The van der Waals surface area contributed by atoms with Crippen molar-refractivity contribution < 1.29 is 19.1 Å². The van der Waals surface area contributed by atoms with Gasteiger partial charge in [0.2, 0.25) is 0 Å². The molecule has 4 nitrogen and oxygen atoms in total. The van der Waals surface area contributed by atoms with Crippen molar-refractivity contribution >= 4 is 11.9 Å². The summed E-state index contributed by atoms with van der Waals surface area (Å²) in [4.78, 5) is 22.8. The lowest BCUT2D eigenvalue weighted by molar-refractivity contribution is -0.144. The lowest BCUT2D eigenvalue weighted by atomic mass is 10.1. The summed E-state index contributed by atoms with van der Waals surface area (Å²) in [7, 11) is 0. The topological polar surface area (TPSA) is 52.6 Å². The minimum atomic E-state index is -0.0893. The third-order valence-electron chi connectivity index (χ3n) is 3.43. The first-order chi connectivity index (χ1) is 11.2. The van der Waals surface area contributed by atoms with Crippen LogP contribution in [0.1, 0.15) is 84.5 Å². The molecule has 0 saturated carbocycles. The van der Waals surface area contributed by atoms with Crippen molar-refractivity contribution in [1.29, 1.82) is 0 Å². The minimum Gasteiger partial charge on any atom is -0.466 e. The van der Waals surface area contributed by atoms with Crippen molar-refractivity contribution in [2.45, 2.75) is 84.5 Å². The average Bonchev–Trinajstić information content (AvgIpc) is 2.55. The van der Waals surface area contributed by atoms with E-state index in [1.807, 2.05) is 13.0 Å². The Kier molecular flexibility index (Phi) is 16.1. The molecule has 0 bridgehead atoms. The minimum absolute atomic E-state index is 0.0802. The fourth-order valence-electron chi connectivity index (χ4n) is 2.13. The number of rotatable bonds is 15. The van der Waals surface area contributed by atoms with Crippen molar-refractivity contribution in [2.75, 3.05) is 13.2 Å². The summed E-state index contributed by atoms with van der Waals surface area (Å²) in [6.45, 7) is 5.10. The van der Waals surface area contributed by atoms with E-state index < -0.39 is 0 Å². The Morgan fingerprint density at radius 2 is 1.26 bits per heavy atom. The first-order valence-corrected chi connectivity index (χ1v) is 9.16. The second-order valence-electron chi connectivity index (χ2n) is 5.73. The molecule has 0 aromatic heterocycles. The van der Waals surface area contributed by atoms with E-state index in [1.165, 1.54) is 0 Å². The SMILES string of the molecule is CC/C=C/CCOC(=O)CCCCCCCCC(=O)OCCC. The number of allylic oxidation sites excluding steroid dienone is 1. The molecule has 0 atom stereocenters. The maximum Gasteiger partial charge on any atom is 0.305 e. The molecule has 23 heavy (non-hydrogen) atoms. The van der Waals surface area contributed by atoms with Gasteiger partial charge >= 0.3 is 11.9 Å². The van der Waals surface area contributed by atoms with E-state index in [4.69, 9.17) is 9.47 Å². The van der Waals surface area contributed by atoms with Crippen LogP contribution in [0.15, 0.2) is 12.2 Å². The molecule has 0 amide bonds. The maximum absolute atomic E-state index is 11.5. The quantitative estimate of drug-likeness (QED) is 0.242. The molecule has 0 N–H and O–H groups in total. The second kappa shape index (κ2) is 17.0. The Morgan fingerprint density at radius 1 is 0.739 bits per heavy atom. The van der Waals surface area contributed by atoms with Crippen molar-refractivity contribution in [3.8, 4) is 0 Å². The highest BCUT2D eigenvalue weighted by Gasteiger charge is 2.03. The number of ether oxygens (including phenoxy) is 2. The molecule has 4 heteroatoms. The van der Waals surface area contributed by atoms with Crippen LogP contribution in [0, 0.1) is 0 Å². The van der Waals surface area contributed by atoms with Gasteiger partial charge in [-0.3, -0.25) is 9.59 Å². The predicted octanol–water partition coefficient (Wildman–Crippen LogP) is 4.96. The van der Waals surface area contributed by atoms with Gasteiger partial charge in [0, 0.05) is 12.8 Å². The number of hydrogen-bond acceptors (Lipinski definition) is 4. The zero-order valence-corrected chi connectivity index (χ0v) is 15.0. The highest BCUT2D eigenvalue weighted by Crippen LogP contribution is 2.09. The normalized spacial score (nSPS) is 10.9. The zero-order valence-electron chi connectivity index (χ0n) is 15.0. The standard InChI is InChI=1S/C19H34O4/c1-3-5-6-13-17-23-19(21)15-12-10-8-7-9-11-14-18(20)22-16-4-2/h5-6H,3-4,7-17H2,1-2H3/b6-5+. The lowest BCUT2D eigenvalue weighted by Gasteiger charge is -2.04. The van der Waals surface area contributed by atoms with Crippen molar-refractivity contribution in [2.24, 2.45) is 0 Å². The molecular formula is C19H34O4. The van der Waals surface area contributed by atoms with E-state index in [0.717, 1.165) is 57.8 Å². The Balaban J connectivity index is 3.27. The van der Waals surface area contributed by atoms with Crippen LogP contribution in [-0.4, -0.2) is 25.2 Å². The highest BCUT2D eigenvalue weighted by atomic mass is 16.5. The van der Waals surface area contributed by atoms with Gasteiger partial charge in [-0.2, -0.15) is 0 Å². The fourth-order valence-corrected chi connectivity index (χ4v) is 2.13. The van der Waals surface area contributed by atoms with Crippen LogP contribution < -0.4 is 0 Å². The third kappa shape index (κ3) is 16.9. The van der Waals surface area contributed by atoms with Crippen LogP contribution >= 0.6 is 0 Å². The van der Waals surface area contributed by atoms with Gasteiger partial charge in [-0.15, -0.1) is 0 Å². The summed E-state index contributed by atoms with van der Waals surface area (Å²) in [6, 6.07) is 0. The largest absolute Gasteiger partial charge is 0.466 e. The molecule has 0 aliphatic rings. The van der Waals surface area contributed by atoms with Crippen LogP contribution in [0.25, 0.3) is 0 Å². The molecule has 0 aliphatic carbocycles. The van der Waals surface area contributed by atoms with Gasteiger partial charge in [0.05, 0.1) is 13.2 Å². The molecule has 0 radical (unpaired) electrons. The van der Waals surface area contributed by atoms with Gasteiger partial charge < -0.3 is 9.47 Å². The molecule has 0 unspecified atom stereocenters. The van der Waals surface area contributed by atoms with Crippen LogP contribution in [0.2, 0.25) is 0 Å². The predicted molar refractivity (Wildman–Crippen MR) is 93.2 cm³/mol. The van der Waals surface area contributed by atoms with Crippen molar-refractivity contribution in [3.63, 3.8) is 0 Å². The highest BCUT2D eigenvalue weighted by molar-refractivity contribution is 5.69. The lowest BCUT2D eigenvalue weighted by Crippen LogP contribution is -2.05. The molecule has 0 spiro atoms. The van der Waals surface area contributed by atoms with Gasteiger partial charge in [-0.1, -0.05) is 51.7 Å². The van der Waals surface area contributed by atoms with Crippen molar-refractivity contribution in [3.05, 3.63) is 12.2 Å². The third-order valence-corrected chi connectivity index (χ3v) is 3.43. The molecule has 0 rings (SSSR count). The summed E-state index contributed by atoms with van der Waals surface area (Å²) in [5.41, 5.74) is 0. The Morgan fingerprint density at radius 3 is 1.78 bits per heavy atom. The molecule has 0 fully saturated rings. The van der Waals surface area contributed by atoms with Crippen LogP contribution in [0.4, 0.5) is 0 Å². The van der Waals surface area contributed by atoms with Crippen LogP contribution in [-0.2, 0) is 19.1 Å². The molecule has 0 aromatic carbocycles. The summed E-state index contributed by atoms with van der Waals surface area (Å²) >= 11 is 0. The van der Waals surface area contributed by atoms with Crippen molar-refractivity contribution in [1.82, 2.24) is 0 Å². The number of hydrogen-bond donors (Lipinski definition) is 0. The smallest absolute Gasteiger partial charge is 0.305 e. The maximum atomic E-state index is 11.5. The van der Waals surface area contributed by atoms with E-state index in [0.29, 0.717) is 26.1 Å². The van der Waals surface area contributed by atoms with Crippen LogP contribution in [0.5, 0.6) is 0 Å². The zero-order chi connectivity index (χ0) is 17.2. The molecule has 0 heterocycles. The van der Waals surface area contributed by atoms with E-state index in [2.05, 4.69) is 13.0 Å². The van der Waals surface area contributed by atoms with Gasteiger partial charge in [0.1, 0.15) is 0 Å². The first kappa shape index (κ1) is 21.7. The second-order valence-corrected chi connectivity index (χ2v) is 5.73. The summed E-state index contributed by atoms with van der Waals surface area (Å²) < 4.78 is 10.2. The Hall–Kier alpha value is -1.32. The monoisotopic (exact) mass is 326 g/mol. The van der Waals surface area contributed by atoms with E-state index in [-0.39, 0.29) is 11.9 Å². The summed E-state index contributed by atoms with van der Waals surface area (Å²) in [6.07, 6.45) is 14.0. The number of unbranched alkanes of at least 4 members (excludes halogenated alkanes) is 5. The van der Waals surface area contributed by atoms with E-state index in [1.54, 1.807) is 0 Å². The molecular weight excluding hydrogens is 292 g/mol. The summed E-state index contributed by atoms with van der Waals surface area (Å²) in [5.74, 6) is -0.169. The van der Waals surface area contributed by atoms with Crippen LogP contribution in [0.3, 0.4) is 0 Å². The molecule has 134 valence electrons. The Labute approximate surface area is 141 Å². The number of carbonyl (C=O) groups excluding carboxylic acids is 2. The fraction of sp³-hybridized carbons (Fsp3) is 0.789. The van der Waals surface area contributed by atoms with Gasteiger partial charge in [0.25, 0.3) is 0 Å². The Bertz CT molecular complexity index is 323. The van der Waals surface area contributed by atoms with E-state index >= 15 is 0 Å². The van der Waals surface area contributed by atoms with Gasteiger partial charge in [-0.25, -0.2) is 0 Å². The molecule has 0 aromatic rings. The summed E-state index contributed by atoms with van der Waals surface area (Å²) in [5, 5.41) is 0. The average molecular weight is 326 g/mol. The van der Waals surface area contributed by atoms with Gasteiger partial charge in [0.15, 0.2) is 0 Å². The molecule has 0 saturated heterocycles. The van der Waals surface area contributed by atoms with Gasteiger partial charge in [-0.05, 0) is 32.1 Å². The van der Waals surface area contributed by atoms with E-state index in [9.17, 15) is 9.59 Å². The first-order valence-electron chi connectivity index (χ1n) is 9.16. The number of esters is 2. The molecule has 0 aliphatic heterocycles. The number of carbonyl (C=O) groups is 2.